The lowest BCUT2D eigenvalue weighted by Crippen LogP contribution is -2.43. The van der Waals surface area contributed by atoms with Gasteiger partial charge in [0.1, 0.15) is 11.9 Å². The van der Waals surface area contributed by atoms with Crippen LogP contribution in [0.1, 0.15) is 33.4 Å². The number of halogens is 2. The Kier molecular flexibility index (Phi) is 5.04. The summed E-state index contributed by atoms with van der Waals surface area (Å²) in [6, 6.07) is 6.39. The van der Waals surface area contributed by atoms with Crippen LogP contribution in [0.4, 0.5) is 8.78 Å². The van der Waals surface area contributed by atoms with Gasteiger partial charge in [0.2, 0.25) is 0 Å². The standard InChI is InChI=1S/C18H20F2N4O3/c19-18(20)27-12-3-1-2-11(8-12)15-10-24(6-7-26-15)17(25)16-13-9-21-5-4-14(13)22-23-16/h1-3,8,15,18,21H,4-7,9-10H2,(H,22,23). The van der Waals surface area contributed by atoms with Gasteiger partial charge in [0.15, 0.2) is 5.69 Å². The van der Waals surface area contributed by atoms with Gasteiger partial charge in [-0.05, 0) is 17.7 Å². The van der Waals surface area contributed by atoms with Gasteiger partial charge in [0.25, 0.3) is 5.91 Å². The number of morpholine rings is 1. The minimum Gasteiger partial charge on any atom is -0.435 e. The van der Waals surface area contributed by atoms with Crippen molar-refractivity contribution in [3.05, 3.63) is 46.8 Å². The van der Waals surface area contributed by atoms with E-state index in [2.05, 4.69) is 20.3 Å². The quantitative estimate of drug-likeness (QED) is 0.849. The third kappa shape index (κ3) is 3.79. The molecule has 1 atom stereocenters. The van der Waals surface area contributed by atoms with E-state index in [9.17, 15) is 13.6 Å². The highest BCUT2D eigenvalue weighted by Crippen LogP contribution is 2.27. The van der Waals surface area contributed by atoms with Crippen LogP contribution in [-0.2, 0) is 17.7 Å². The molecule has 1 amide bonds. The van der Waals surface area contributed by atoms with Gasteiger partial charge in [-0.2, -0.15) is 13.9 Å². The molecule has 3 heterocycles. The number of fused-ring (bicyclic) bond motifs is 1. The van der Waals surface area contributed by atoms with Crippen LogP contribution in [-0.4, -0.2) is 53.9 Å². The lowest BCUT2D eigenvalue weighted by atomic mass is 10.0. The van der Waals surface area contributed by atoms with Gasteiger partial charge >= 0.3 is 6.61 Å². The Hall–Kier alpha value is -2.52. The highest BCUT2D eigenvalue weighted by Gasteiger charge is 2.30. The van der Waals surface area contributed by atoms with E-state index < -0.39 is 12.7 Å². The summed E-state index contributed by atoms with van der Waals surface area (Å²) in [6.07, 6.45) is 0.412. The molecule has 0 saturated carbocycles. The molecule has 0 bridgehead atoms. The zero-order chi connectivity index (χ0) is 18.8. The van der Waals surface area contributed by atoms with Crippen molar-refractivity contribution in [1.82, 2.24) is 20.4 Å². The lowest BCUT2D eigenvalue weighted by molar-refractivity contribution is -0.0504. The lowest BCUT2D eigenvalue weighted by Gasteiger charge is -2.33. The minimum absolute atomic E-state index is 0.0713. The van der Waals surface area contributed by atoms with Gasteiger partial charge < -0.3 is 19.7 Å². The summed E-state index contributed by atoms with van der Waals surface area (Å²) in [5.74, 6) is -0.0773. The van der Waals surface area contributed by atoms with Crippen LogP contribution in [0, 0.1) is 0 Å². The maximum atomic E-state index is 13.0. The van der Waals surface area contributed by atoms with Crippen molar-refractivity contribution in [2.24, 2.45) is 0 Å². The average molecular weight is 378 g/mol. The van der Waals surface area contributed by atoms with Gasteiger partial charge in [-0.25, -0.2) is 0 Å². The molecular formula is C18H20F2N4O3. The number of carbonyl (C=O) groups is 1. The van der Waals surface area contributed by atoms with Gasteiger partial charge in [0, 0.05) is 37.3 Å². The number of benzene rings is 1. The maximum absolute atomic E-state index is 13.0. The molecule has 27 heavy (non-hydrogen) atoms. The van der Waals surface area contributed by atoms with Crippen molar-refractivity contribution in [3.8, 4) is 5.75 Å². The molecule has 1 unspecified atom stereocenters. The summed E-state index contributed by atoms with van der Waals surface area (Å²) in [5, 5.41) is 10.4. The summed E-state index contributed by atoms with van der Waals surface area (Å²) in [6.45, 7) is -0.261. The maximum Gasteiger partial charge on any atom is 0.387 e. The molecule has 2 aliphatic rings. The predicted octanol–water partition coefficient (Wildman–Crippen LogP) is 1.87. The number of hydrogen-bond donors (Lipinski definition) is 2. The third-order valence-electron chi connectivity index (χ3n) is 4.82. The Bertz CT molecular complexity index is 827. The molecule has 0 radical (unpaired) electrons. The van der Waals surface area contributed by atoms with E-state index in [0.717, 1.165) is 24.2 Å². The fourth-order valence-electron chi connectivity index (χ4n) is 3.48. The van der Waals surface area contributed by atoms with Crippen LogP contribution >= 0.6 is 0 Å². The number of amides is 1. The molecule has 9 heteroatoms. The second-order valence-corrected chi connectivity index (χ2v) is 6.52. The first-order valence-corrected chi connectivity index (χ1v) is 8.84. The molecule has 0 aliphatic carbocycles. The summed E-state index contributed by atoms with van der Waals surface area (Å²) in [7, 11) is 0. The average Bonchev–Trinajstić information content (AvgIpc) is 3.11. The number of alkyl halides is 2. The fourth-order valence-corrected chi connectivity index (χ4v) is 3.48. The van der Waals surface area contributed by atoms with Crippen LogP contribution in [0.3, 0.4) is 0 Å². The van der Waals surface area contributed by atoms with Gasteiger partial charge in [-0.1, -0.05) is 12.1 Å². The second-order valence-electron chi connectivity index (χ2n) is 6.52. The molecule has 2 aromatic rings. The summed E-state index contributed by atoms with van der Waals surface area (Å²) < 4.78 is 35.1. The van der Waals surface area contributed by atoms with E-state index in [4.69, 9.17) is 4.74 Å². The van der Waals surface area contributed by atoms with E-state index in [-0.39, 0.29) is 11.7 Å². The largest absolute Gasteiger partial charge is 0.435 e. The summed E-state index contributed by atoms with van der Waals surface area (Å²) in [4.78, 5) is 14.7. The highest BCUT2D eigenvalue weighted by atomic mass is 19.3. The van der Waals surface area contributed by atoms with Crippen LogP contribution in [0.25, 0.3) is 0 Å². The molecule has 2 N–H and O–H groups in total. The van der Waals surface area contributed by atoms with Crippen molar-refractivity contribution < 1.29 is 23.0 Å². The summed E-state index contributed by atoms with van der Waals surface area (Å²) >= 11 is 0. The fraction of sp³-hybridized carbons (Fsp3) is 0.444. The number of aromatic amines is 1. The van der Waals surface area contributed by atoms with Crippen molar-refractivity contribution in [1.29, 1.82) is 0 Å². The first-order valence-electron chi connectivity index (χ1n) is 8.84. The van der Waals surface area contributed by atoms with Crippen molar-refractivity contribution in [2.75, 3.05) is 26.2 Å². The molecule has 2 aliphatic heterocycles. The molecule has 1 aromatic carbocycles. The Morgan fingerprint density at radius 3 is 3.15 bits per heavy atom. The number of ether oxygens (including phenoxy) is 2. The third-order valence-corrected chi connectivity index (χ3v) is 4.82. The summed E-state index contributed by atoms with van der Waals surface area (Å²) in [5.41, 5.74) is 3.05. The molecule has 1 fully saturated rings. The SMILES string of the molecule is O=C(c1n[nH]c2c1CNCC2)N1CCOC(c2cccc(OC(F)F)c2)C1. The number of nitrogens with one attached hydrogen (secondary N) is 2. The molecule has 1 saturated heterocycles. The first kappa shape index (κ1) is 17.9. The number of carbonyl (C=O) groups excluding carboxylic acids is 1. The van der Waals surface area contributed by atoms with E-state index in [1.54, 1.807) is 17.0 Å². The van der Waals surface area contributed by atoms with E-state index in [0.29, 0.717) is 37.5 Å². The van der Waals surface area contributed by atoms with Crippen molar-refractivity contribution in [3.63, 3.8) is 0 Å². The second kappa shape index (κ2) is 7.61. The Labute approximate surface area is 154 Å². The number of H-pyrrole nitrogens is 1. The monoisotopic (exact) mass is 378 g/mol. The van der Waals surface area contributed by atoms with E-state index in [1.807, 2.05) is 0 Å². The van der Waals surface area contributed by atoms with Gasteiger partial charge in [-0.3, -0.25) is 9.89 Å². The van der Waals surface area contributed by atoms with Crippen LogP contribution in [0.5, 0.6) is 5.75 Å². The zero-order valence-corrected chi connectivity index (χ0v) is 14.6. The molecule has 144 valence electrons. The van der Waals surface area contributed by atoms with Crippen LogP contribution < -0.4 is 10.1 Å². The molecular weight excluding hydrogens is 358 g/mol. The number of nitrogens with zero attached hydrogens (tertiary/aromatic N) is 2. The van der Waals surface area contributed by atoms with Gasteiger partial charge in [0.05, 0.1) is 13.2 Å². The zero-order valence-electron chi connectivity index (χ0n) is 14.6. The molecule has 7 nitrogen and oxygen atoms in total. The molecule has 0 spiro atoms. The van der Waals surface area contributed by atoms with Crippen molar-refractivity contribution >= 4 is 5.91 Å². The highest BCUT2D eigenvalue weighted by molar-refractivity contribution is 5.94. The normalized spacial score (nSPS) is 19.8. The van der Waals surface area contributed by atoms with E-state index >= 15 is 0 Å². The smallest absolute Gasteiger partial charge is 0.387 e. The number of aromatic nitrogens is 2. The number of hydrogen-bond acceptors (Lipinski definition) is 5. The predicted molar refractivity (Wildman–Crippen MR) is 91.7 cm³/mol. The van der Waals surface area contributed by atoms with Gasteiger partial charge in [-0.15, -0.1) is 0 Å². The van der Waals surface area contributed by atoms with Crippen LogP contribution in [0.2, 0.25) is 0 Å². The Balaban J connectivity index is 1.50. The molecule has 1 aromatic heterocycles. The Morgan fingerprint density at radius 1 is 1.41 bits per heavy atom. The Morgan fingerprint density at radius 2 is 2.30 bits per heavy atom. The van der Waals surface area contributed by atoms with E-state index in [1.165, 1.54) is 12.1 Å². The first-order chi connectivity index (χ1) is 13.1. The topological polar surface area (TPSA) is 79.5 Å². The van der Waals surface area contributed by atoms with Crippen molar-refractivity contribution in [2.45, 2.75) is 25.7 Å². The number of rotatable bonds is 4. The minimum atomic E-state index is -2.88. The van der Waals surface area contributed by atoms with Crippen LogP contribution in [0.15, 0.2) is 24.3 Å². The molecule has 4 rings (SSSR count).